The molecule has 25 heavy (non-hydrogen) atoms. The van der Waals surface area contributed by atoms with Crippen molar-refractivity contribution in [2.24, 2.45) is 4.99 Å². The van der Waals surface area contributed by atoms with Crippen LogP contribution in [0.2, 0.25) is 0 Å². The van der Waals surface area contributed by atoms with Crippen LogP contribution in [0.25, 0.3) is 9.53 Å². The van der Waals surface area contributed by atoms with Crippen LogP contribution in [0.4, 0.5) is 0 Å². The topological polar surface area (TPSA) is 25.2 Å². The average Bonchev–Trinajstić information content (AvgIpc) is 3.30. The minimum absolute atomic E-state index is 1.01. The minimum atomic E-state index is 1.01. The lowest BCUT2D eigenvalue weighted by atomic mass is 10.1. The number of hydrogen-bond donors (Lipinski definition) is 0. The number of thiazole rings is 1. The Balaban J connectivity index is 1.59. The van der Waals surface area contributed by atoms with Gasteiger partial charge in [-0.1, -0.05) is 63.8 Å². The fourth-order valence-electron chi connectivity index (χ4n) is 2.94. The Morgan fingerprint density at radius 1 is 1.04 bits per heavy atom. The summed E-state index contributed by atoms with van der Waals surface area (Å²) in [4.78, 5) is 11.2. The normalized spacial score (nSPS) is 16.2. The Hall–Kier alpha value is -0.650. The highest BCUT2D eigenvalue weighted by molar-refractivity contribution is 8.15. The number of hydrogen-bond acceptors (Lipinski definition) is 5. The van der Waals surface area contributed by atoms with Gasteiger partial charge in [-0.15, -0.1) is 22.7 Å². The summed E-state index contributed by atoms with van der Waals surface area (Å²) in [6.07, 6.45) is 13.9. The standard InChI is InChI=1S/C20H28N2S3/c1-3-5-7-9-11-15-14-23-18(21-15)19-22-17-13-16(24-20(17)25-19)12-10-8-6-4-2/h11,13H,3-10,12,14H2,1-2H3. The van der Waals surface area contributed by atoms with E-state index in [9.17, 15) is 0 Å². The lowest BCUT2D eigenvalue weighted by Crippen LogP contribution is -1.89. The van der Waals surface area contributed by atoms with Gasteiger partial charge in [-0.2, -0.15) is 0 Å². The van der Waals surface area contributed by atoms with Gasteiger partial charge in [-0.05, 0) is 31.7 Å². The molecule has 0 aromatic carbocycles. The van der Waals surface area contributed by atoms with Gasteiger partial charge in [-0.25, -0.2) is 9.98 Å². The van der Waals surface area contributed by atoms with E-state index in [4.69, 9.17) is 9.98 Å². The maximum absolute atomic E-state index is 4.85. The van der Waals surface area contributed by atoms with Crippen LogP contribution in [0.1, 0.15) is 75.1 Å². The largest absolute Gasteiger partial charge is 0.243 e. The van der Waals surface area contributed by atoms with E-state index in [1.54, 1.807) is 0 Å². The van der Waals surface area contributed by atoms with Gasteiger partial charge in [0.05, 0.1) is 5.52 Å². The number of allylic oxidation sites excluding steroid dienone is 1. The molecule has 0 radical (unpaired) electrons. The van der Waals surface area contributed by atoms with Crippen molar-refractivity contribution in [3.05, 3.63) is 27.7 Å². The molecular formula is C20H28N2S3. The third-order valence-corrected chi connectivity index (χ3v) is 7.87. The van der Waals surface area contributed by atoms with E-state index in [2.05, 4.69) is 26.0 Å². The molecule has 0 saturated heterocycles. The Bertz CT molecular complexity index is 708. The molecule has 2 aromatic heterocycles. The molecule has 0 atom stereocenters. The second kappa shape index (κ2) is 9.89. The molecule has 0 spiro atoms. The lowest BCUT2D eigenvalue weighted by Gasteiger charge is -1.96. The van der Waals surface area contributed by atoms with Crippen molar-refractivity contribution in [2.75, 3.05) is 5.75 Å². The van der Waals surface area contributed by atoms with Gasteiger partial charge in [0.15, 0.2) is 5.01 Å². The number of thioether (sulfide) groups is 1. The van der Waals surface area contributed by atoms with Crippen LogP contribution in [0.3, 0.4) is 0 Å². The van der Waals surface area contributed by atoms with Gasteiger partial charge in [0.1, 0.15) is 9.06 Å². The maximum atomic E-state index is 4.85. The number of aromatic nitrogens is 1. The number of thiophene rings is 1. The van der Waals surface area contributed by atoms with Crippen molar-refractivity contribution in [2.45, 2.75) is 71.6 Å². The quantitative estimate of drug-likeness (QED) is 0.393. The second-order valence-corrected chi connectivity index (χ2v) is 9.97. The van der Waals surface area contributed by atoms with Crippen molar-refractivity contribution in [1.82, 2.24) is 4.98 Å². The van der Waals surface area contributed by atoms with Crippen LogP contribution in [-0.4, -0.2) is 15.8 Å². The number of aryl methyl sites for hydroxylation is 1. The Morgan fingerprint density at radius 3 is 2.68 bits per heavy atom. The summed E-state index contributed by atoms with van der Waals surface area (Å²) < 4.78 is 1.36. The summed E-state index contributed by atoms with van der Waals surface area (Å²) in [5, 5.41) is 2.24. The first-order chi connectivity index (χ1) is 12.3. The molecule has 5 heteroatoms. The zero-order chi connectivity index (χ0) is 17.5. The molecule has 1 aliphatic rings. The molecule has 3 rings (SSSR count). The van der Waals surface area contributed by atoms with Crippen molar-refractivity contribution in [1.29, 1.82) is 0 Å². The highest BCUT2D eigenvalue weighted by atomic mass is 32.2. The minimum Gasteiger partial charge on any atom is -0.243 e. The van der Waals surface area contributed by atoms with Crippen molar-refractivity contribution in [3.8, 4) is 0 Å². The van der Waals surface area contributed by atoms with Gasteiger partial charge < -0.3 is 0 Å². The first-order valence-corrected chi connectivity index (χ1v) is 12.2. The van der Waals surface area contributed by atoms with Crippen molar-refractivity contribution >= 4 is 49.0 Å². The summed E-state index contributed by atoms with van der Waals surface area (Å²) in [5.41, 5.74) is 2.42. The Morgan fingerprint density at radius 2 is 1.88 bits per heavy atom. The van der Waals surface area contributed by atoms with Crippen LogP contribution < -0.4 is 0 Å². The van der Waals surface area contributed by atoms with Crippen LogP contribution in [-0.2, 0) is 6.42 Å². The number of fused-ring (bicyclic) bond motifs is 1. The summed E-state index contributed by atoms with van der Waals surface area (Å²) in [5.74, 6) is 1.01. The molecule has 0 unspecified atom stereocenters. The van der Waals surface area contributed by atoms with Crippen LogP contribution in [0.15, 0.2) is 22.8 Å². The molecular weight excluding hydrogens is 364 g/mol. The van der Waals surface area contributed by atoms with Crippen LogP contribution >= 0.6 is 34.4 Å². The molecule has 1 aliphatic heterocycles. The fourth-order valence-corrected chi connectivity index (χ4v) is 6.31. The molecule has 3 heterocycles. The summed E-state index contributed by atoms with van der Waals surface area (Å²) in [7, 11) is 0. The van der Waals surface area contributed by atoms with Gasteiger partial charge in [-0.3, -0.25) is 0 Å². The summed E-state index contributed by atoms with van der Waals surface area (Å²) in [6.45, 7) is 4.52. The lowest BCUT2D eigenvalue weighted by molar-refractivity contribution is 0.670. The summed E-state index contributed by atoms with van der Waals surface area (Å²) >= 11 is 5.60. The highest BCUT2D eigenvalue weighted by Gasteiger charge is 2.18. The molecule has 0 bridgehead atoms. The highest BCUT2D eigenvalue weighted by Crippen LogP contribution is 2.35. The average molecular weight is 393 g/mol. The van der Waals surface area contributed by atoms with E-state index < -0.39 is 0 Å². The van der Waals surface area contributed by atoms with Gasteiger partial charge in [0, 0.05) is 16.3 Å². The van der Waals surface area contributed by atoms with Crippen LogP contribution in [0.5, 0.6) is 0 Å². The number of nitrogens with zero attached hydrogens (tertiary/aromatic N) is 2. The first kappa shape index (κ1) is 19.1. The number of unbranched alkanes of at least 4 members (excludes halogenated alkanes) is 6. The third-order valence-electron chi connectivity index (χ3n) is 4.39. The molecule has 2 nitrogen and oxygen atoms in total. The Labute approximate surface area is 163 Å². The third kappa shape index (κ3) is 5.41. The maximum Gasteiger partial charge on any atom is 0.150 e. The van der Waals surface area contributed by atoms with E-state index in [1.165, 1.54) is 71.5 Å². The molecule has 0 N–H and O–H groups in total. The van der Waals surface area contributed by atoms with Gasteiger partial charge >= 0.3 is 0 Å². The number of rotatable bonds is 10. The molecule has 0 aliphatic carbocycles. The summed E-state index contributed by atoms with van der Waals surface area (Å²) in [6, 6.07) is 2.30. The predicted octanol–water partition coefficient (Wildman–Crippen LogP) is 7.44. The van der Waals surface area contributed by atoms with E-state index >= 15 is 0 Å². The molecule has 2 aromatic rings. The smallest absolute Gasteiger partial charge is 0.150 e. The SMILES string of the molecule is CCCCCC=C1CSC(c2nc3cc(CCCCCC)sc3s2)=N1. The monoisotopic (exact) mass is 392 g/mol. The van der Waals surface area contributed by atoms with Gasteiger partial charge in [0.2, 0.25) is 0 Å². The predicted molar refractivity (Wildman–Crippen MR) is 117 cm³/mol. The van der Waals surface area contributed by atoms with Crippen molar-refractivity contribution in [3.63, 3.8) is 0 Å². The zero-order valence-corrected chi connectivity index (χ0v) is 17.8. The zero-order valence-electron chi connectivity index (χ0n) is 15.3. The van der Waals surface area contributed by atoms with E-state index in [-0.39, 0.29) is 0 Å². The van der Waals surface area contributed by atoms with E-state index in [1.807, 2.05) is 34.4 Å². The van der Waals surface area contributed by atoms with Gasteiger partial charge in [0.25, 0.3) is 0 Å². The first-order valence-electron chi connectivity index (χ1n) is 9.60. The molecule has 136 valence electrons. The molecule has 0 amide bonds. The Kier molecular flexibility index (Phi) is 7.56. The van der Waals surface area contributed by atoms with Crippen LogP contribution in [0, 0.1) is 0 Å². The van der Waals surface area contributed by atoms with E-state index in [0.717, 1.165) is 22.2 Å². The van der Waals surface area contributed by atoms with Crippen molar-refractivity contribution < 1.29 is 0 Å². The number of aliphatic imine (C=N–C) groups is 1. The molecule has 0 fully saturated rings. The molecule has 0 saturated carbocycles. The van der Waals surface area contributed by atoms with E-state index in [0.29, 0.717) is 0 Å². The fraction of sp³-hybridized carbons (Fsp3) is 0.600. The second-order valence-electron chi connectivity index (χ2n) is 6.61.